The van der Waals surface area contributed by atoms with Gasteiger partial charge >= 0.3 is 0 Å². The molecule has 0 radical (unpaired) electrons. The van der Waals surface area contributed by atoms with Crippen molar-refractivity contribution in [2.75, 3.05) is 20.8 Å². The van der Waals surface area contributed by atoms with Crippen LogP contribution in [0.2, 0.25) is 0 Å². The van der Waals surface area contributed by atoms with Gasteiger partial charge < -0.3 is 14.8 Å². The molecule has 2 fully saturated rings. The Kier molecular flexibility index (Phi) is 4.45. The van der Waals surface area contributed by atoms with E-state index in [9.17, 15) is 0 Å². The molecule has 1 saturated carbocycles. The molecule has 2 unspecified atom stereocenters. The van der Waals surface area contributed by atoms with Crippen molar-refractivity contribution >= 4 is 0 Å². The zero-order chi connectivity index (χ0) is 14.7. The normalized spacial score (nSPS) is 25.9. The third-order valence-electron chi connectivity index (χ3n) is 5.20. The molecule has 1 N–H and O–H groups in total. The molecule has 1 aromatic rings. The fraction of sp³-hybridized carbons (Fsp3) is 0.706. The lowest BCUT2D eigenvalue weighted by Gasteiger charge is -2.41. The predicted molar refractivity (Wildman–Crippen MR) is 82.5 cm³/mol. The lowest BCUT2D eigenvalue weighted by molar-refractivity contribution is -0.0979. The maximum atomic E-state index is 6.17. The van der Waals surface area contributed by atoms with Gasteiger partial charge in [-0.15, -0.1) is 0 Å². The van der Waals surface area contributed by atoms with Gasteiger partial charge in [-0.05, 0) is 44.7 Å². The number of nitrogens with zero attached hydrogens (tertiary/aromatic N) is 1. The third-order valence-corrected chi connectivity index (χ3v) is 5.20. The maximum absolute atomic E-state index is 6.17. The van der Waals surface area contributed by atoms with Crippen LogP contribution in [0.5, 0.6) is 5.75 Å². The Morgan fingerprint density at radius 1 is 1.43 bits per heavy atom. The highest BCUT2D eigenvalue weighted by Crippen LogP contribution is 2.46. The van der Waals surface area contributed by atoms with Crippen LogP contribution in [0, 0.1) is 5.92 Å². The number of pyridine rings is 1. The summed E-state index contributed by atoms with van der Waals surface area (Å²) in [5.41, 5.74) is 1.37. The zero-order valence-corrected chi connectivity index (χ0v) is 13.1. The van der Waals surface area contributed by atoms with Crippen LogP contribution in [0.4, 0.5) is 0 Å². The van der Waals surface area contributed by atoms with Crippen LogP contribution in [-0.2, 0) is 4.74 Å². The summed E-state index contributed by atoms with van der Waals surface area (Å²) in [6.45, 7) is 0.885. The van der Waals surface area contributed by atoms with E-state index in [1.54, 1.807) is 7.11 Å². The molecule has 2 heterocycles. The molecular weight excluding hydrogens is 264 g/mol. The Balaban J connectivity index is 1.82. The second-order valence-corrected chi connectivity index (χ2v) is 6.38. The second kappa shape index (κ2) is 6.32. The highest BCUT2D eigenvalue weighted by molar-refractivity contribution is 5.33. The van der Waals surface area contributed by atoms with E-state index in [0.29, 0.717) is 12.0 Å². The van der Waals surface area contributed by atoms with E-state index in [4.69, 9.17) is 9.47 Å². The summed E-state index contributed by atoms with van der Waals surface area (Å²) < 4.78 is 11.7. The van der Waals surface area contributed by atoms with Gasteiger partial charge in [0.05, 0.1) is 18.9 Å². The zero-order valence-electron chi connectivity index (χ0n) is 13.1. The van der Waals surface area contributed by atoms with E-state index < -0.39 is 0 Å². The molecule has 4 nitrogen and oxygen atoms in total. The summed E-state index contributed by atoms with van der Waals surface area (Å²) in [5, 5.41) is 3.51. The van der Waals surface area contributed by atoms with Crippen LogP contribution in [0.1, 0.15) is 50.1 Å². The first-order chi connectivity index (χ1) is 10.3. The van der Waals surface area contributed by atoms with Gasteiger partial charge in [0.1, 0.15) is 5.75 Å². The molecule has 0 amide bonds. The number of hydrogen-bond acceptors (Lipinski definition) is 4. The van der Waals surface area contributed by atoms with Crippen molar-refractivity contribution in [3.05, 3.63) is 24.0 Å². The topological polar surface area (TPSA) is 43.4 Å². The van der Waals surface area contributed by atoms with Crippen LogP contribution in [0.25, 0.3) is 0 Å². The summed E-state index contributed by atoms with van der Waals surface area (Å²) in [6.07, 6.45) is 11.0. The van der Waals surface area contributed by atoms with Gasteiger partial charge in [-0.1, -0.05) is 12.8 Å². The van der Waals surface area contributed by atoms with Crippen LogP contribution in [0.15, 0.2) is 18.5 Å². The smallest absolute Gasteiger partial charge is 0.141 e. The van der Waals surface area contributed by atoms with Crippen molar-refractivity contribution in [1.29, 1.82) is 0 Å². The van der Waals surface area contributed by atoms with E-state index in [1.165, 1.54) is 31.2 Å². The van der Waals surface area contributed by atoms with Crippen molar-refractivity contribution in [2.45, 2.75) is 50.2 Å². The van der Waals surface area contributed by atoms with Crippen molar-refractivity contribution in [3.63, 3.8) is 0 Å². The molecule has 0 aromatic carbocycles. The fourth-order valence-electron chi connectivity index (χ4n) is 4.18. The van der Waals surface area contributed by atoms with E-state index in [0.717, 1.165) is 25.2 Å². The summed E-state index contributed by atoms with van der Waals surface area (Å²) in [4.78, 5) is 4.17. The van der Waals surface area contributed by atoms with Crippen molar-refractivity contribution < 1.29 is 9.47 Å². The lowest BCUT2D eigenvalue weighted by atomic mass is 9.78. The first-order valence-electron chi connectivity index (χ1n) is 8.07. The van der Waals surface area contributed by atoms with Gasteiger partial charge in [0.25, 0.3) is 0 Å². The van der Waals surface area contributed by atoms with Gasteiger partial charge in [0.15, 0.2) is 0 Å². The van der Waals surface area contributed by atoms with E-state index >= 15 is 0 Å². The van der Waals surface area contributed by atoms with Gasteiger partial charge in [-0.2, -0.15) is 0 Å². The van der Waals surface area contributed by atoms with Gasteiger partial charge in [0.2, 0.25) is 0 Å². The Bertz CT molecular complexity index is 472. The minimum atomic E-state index is 0.151. The average molecular weight is 290 g/mol. The van der Waals surface area contributed by atoms with Crippen LogP contribution < -0.4 is 10.1 Å². The number of ether oxygens (including phenoxy) is 2. The van der Waals surface area contributed by atoms with Crippen molar-refractivity contribution in [2.24, 2.45) is 5.92 Å². The molecule has 21 heavy (non-hydrogen) atoms. The summed E-state index contributed by atoms with van der Waals surface area (Å²) in [6, 6.07) is 2.39. The van der Waals surface area contributed by atoms with E-state index in [2.05, 4.69) is 16.4 Å². The summed E-state index contributed by atoms with van der Waals surface area (Å²) in [7, 11) is 3.76. The first kappa shape index (κ1) is 14.8. The molecule has 0 bridgehead atoms. The molecule has 2 atom stereocenters. The van der Waals surface area contributed by atoms with Gasteiger partial charge in [-0.3, -0.25) is 4.98 Å². The highest BCUT2D eigenvalue weighted by atomic mass is 16.5. The Hall–Kier alpha value is -1.13. The number of rotatable bonds is 4. The largest absolute Gasteiger partial charge is 0.495 e. The molecule has 1 aliphatic heterocycles. The third kappa shape index (κ3) is 2.92. The molecule has 1 saturated heterocycles. The minimum absolute atomic E-state index is 0.151. The van der Waals surface area contributed by atoms with Crippen LogP contribution in [0.3, 0.4) is 0 Å². The van der Waals surface area contributed by atoms with Crippen LogP contribution in [-0.4, -0.2) is 31.3 Å². The quantitative estimate of drug-likeness (QED) is 0.925. The standard InChI is InChI=1S/C17H26N2O2/c1-18-16(14-5-9-19-12-15(14)20-2)13-6-10-21-17(11-13)7-3-4-8-17/h5,9,12-13,16,18H,3-4,6-8,10-11H2,1-2H3. The minimum Gasteiger partial charge on any atom is -0.495 e. The summed E-state index contributed by atoms with van der Waals surface area (Å²) >= 11 is 0. The molecule has 1 aliphatic carbocycles. The highest BCUT2D eigenvalue weighted by Gasteiger charge is 2.42. The van der Waals surface area contributed by atoms with Crippen molar-refractivity contribution in [3.8, 4) is 5.75 Å². The van der Waals surface area contributed by atoms with Gasteiger partial charge in [-0.25, -0.2) is 0 Å². The predicted octanol–water partition coefficient (Wildman–Crippen LogP) is 3.09. The summed E-state index contributed by atoms with van der Waals surface area (Å²) in [5.74, 6) is 1.47. The first-order valence-corrected chi connectivity index (χ1v) is 8.07. The number of aromatic nitrogens is 1. The van der Waals surface area contributed by atoms with Crippen molar-refractivity contribution in [1.82, 2.24) is 10.3 Å². The maximum Gasteiger partial charge on any atom is 0.141 e. The average Bonchev–Trinajstić information content (AvgIpc) is 2.96. The molecule has 2 aliphatic rings. The Labute approximate surface area is 127 Å². The van der Waals surface area contributed by atoms with E-state index in [-0.39, 0.29) is 5.60 Å². The number of hydrogen-bond donors (Lipinski definition) is 1. The molecule has 4 heteroatoms. The molecule has 3 rings (SSSR count). The molecule has 1 spiro atoms. The molecular formula is C17H26N2O2. The van der Waals surface area contributed by atoms with Crippen LogP contribution >= 0.6 is 0 Å². The van der Waals surface area contributed by atoms with Gasteiger partial charge in [0, 0.05) is 24.4 Å². The molecule has 116 valence electrons. The number of nitrogens with one attached hydrogen (secondary N) is 1. The SMILES string of the molecule is CNC(c1ccncc1OC)C1CCOC2(CCCC2)C1. The monoisotopic (exact) mass is 290 g/mol. The van der Waals surface area contributed by atoms with E-state index in [1.807, 2.05) is 19.4 Å². The Morgan fingerprint density at radius 3 is 2.95 bits per heavy atom. The fourth-order valence-corrected chi connectivity index (χ4v) is 4.18. The number of methoxy groups -OCH3 is 1. The lowest BCUT2D eigenvalue weighted by Crippen LogP contribution is -2.41. The Morgan fingerprint density at radius 2 is 2.24 bits per heavy atom. The second-order valence-electron chi connectivity index (χ2n) is 6.38. The molecule has 1 aromatic heterocycles.